The van der Waals surface area contributed by atoms with Gasteiger partial charge in [-0.2, -0.15) is 11.8 Å². The van der Waals surface area contributed by atoms with Crippen molar-refractivity contribution < 1.29 is 0 Å². The molecular weight excluding hydrogens is 228 g/mol. The van der Waals surface area contributed by atoms with Crippen molar-refractivity contribution in [3.05, 3.63) is 0 Å². The SMILES string of the molecule is CCNCC1(CN2CCSCC2C)CCCC1. The van der Waals surface area contributed by atoms with Gasteiger partial charge in [0.2, 0.25) is 0 Å². The number of rotatable bonds is 5. The van der Waals surface area contributed by atoms with Crippen molar-refractivity contribution >= 4 is 11.8 Å². The zero-order valence-corrected chi connectivity index (χ0v) is 12.3. The van der Waals surface area contributed by atoms with Crippen LogP contribution in [0.25, 0.3) is 0 Å². The fraction of sp³-hybridized carbons (Fsp3) is 1.00. The smallest absolute Gasteiger partial charge is 0.0158 e. The second-order valence-electron chi connectivity index (χ2n) is 5.88. The van der Waals surface area contributed by atoms with E-state index in [4.69, 9.17) is 0 Å². The van der Waals surface area contributed by atoms with Crippen molar-refractivity contribution in [2.24, 2.45) is 5.41 Å². The number of hydrogen-bond donors (Lipinski definition) is 1. The van der Waals surface area contributed by atoms with Crippen molar-refractivity contribution in [1.82, 2.24) is 10.2 Å². The van der Waals surface area contributed by atoms with E-state index in [2.05, 4.69) is 35.8 Å². The van der Waals surface area contributed by atoms with Gasteiger partial charge in [-0.15, -0.1) is 0 Å². The van der Waals surface area contributed by atoms with Crippen LogP contribution in [0.2, 0.25) is 0 Å². The van der Waals surface area contributed by atoms with Crippen molar-refractivity contribution in [1.29, 1.82) is 0 Å². The van der Waals surface area contributed by atoms with Crippen LogP contribution in [0.3, 0.4) is 0 Å². The molecule has 0 spiro atoms. The third-order valence-electron chi connectivity index (χ3n) is 4.46. The minimum absolute atomic E-state index is 0.590. The molecule has 0 aromatic carbocycles. The van der Waals surface area contributed by atoms with Crippen LogP contribution in [0.1, 0.15) is 39.5 Å². The Bertz CT molecular complexity index is 226. The molecule has 0 radical (unpaired) electrons. The van der Waals surface area contributed by atoms with Gasteiger partial charge in [-0.25, -0.2) is 0 Å². The quantitative estimate of drug-likeness (QED) is 0.814. The highest BCUT2D eigenvalue weighted by molar-refractivity contribution is 7.99. The first kappa shape index (κ1) is 13.7. The Kier molecular flexibility index (Phi) is 5.19. The molecule has 1 saturated heterocycles. The van der Waals surface area contributed by atoms with Gasteiger partial charge < -0.3 is 5.32 Å². The standard InChI is InChI=1S/C14H28N2S/c1-3-15-11-14(6-4-5-7-14)12-16-8-9-17-10-13(16)2/h13,15H,3-12H2,1-2H3. The van der Waals surface area contributed by atoms with Gasteiger partial charge in [-0.3, -0.25) is 4.90 Å². The van der Waals surface area contributed by atoms with Gasteiger partial charge in [0.25, 0.3) is 0 Å². The summed E-state index contributed by atoms with van der Waals surface area (Å²) in [7, 11) is 0. The summed E-state index contributed by atoms with van der Waals surface area (Å²) in [5.41, 5.74) is 0.590. The third kappa shape index (κ3) is 3.62. The van der Waals surface area contributed by atoms with Crippen LogP contribution in [0.15, 0.2) is 0 Å². The number of hydrogen-bond acceptors (Lipinski definition) is 3. The van der Waals surface area contributed by atoms with Gasteiger partial charge in [-0.05, 0) is 31.7 Å². The predicted octanol–water partition coefficient (Wildman–Crippen LogP) is 2.59. The van der Waals surface area contributed by atoms with E-state index in [0.29, 0.717) is 5.41 Å². The summed E-state index contributed by atoms with van der Waals surface area (Å²) >= 11 is 2.12. The zero-order valence-electron chi connectivity index (χ0n) is 11.5. The first-order valence-electron chi connectivity index (χ1n) is 7.28. The van der Waals surface area contributed by atoms with Crippen molar-refractivity contribution in [3.63, 3.8) is 0 Å². The number of nitrogens with one attached hydrogen (secondary N) is 1. The summed E-state index contributed by atoms with van der Waals surface area (Å²) in [4.78, 5) is 2.75. The van der Waals surface area contributed by atoms with Gasteiger partial charge in [0.15, 0.2) is 0 Å². The lowest BCUT2D eigenvalue weighted by molar-refractivity contribution is 0.127. The average Bonchev–Trinajstić information content (AvgIpc) is 2.79. The Labute approximate surface area is 111 Å². The van der Waals surface area contributed by atoms with Crippen molar-refractivity contribution in [2.45, 2.75) is 45.6 Å². The summed E-state index contributed by atoms with van der Waals surface area (Å²) < 4.78 is 0. The molecule has 17 heavy (non-hydrogen) atoms. The zero-order chi connectivity index (χ0) is 12.1. The molecule has 2 aliphatic rings. The molecule has 0 amide bonds. The van der Waals surface area contributed by atoms with Crippen LogP contribution < -0.4 is 5.32 Å². The normalized spacial score (nSPS) is 29.6. The van der Waals surface area contributed by atoms with E-state index in [9.17, 15) is 0 Å². The van der Waals surface area contributed by atoms with E-state index >= 15 is 0 Å². The second-order valence-corrected chi connectivity index (χ2v) is 7.03. The summed E-state index contributed by atoms with van der Waals surface area (Å²) in [6.07, 6.45) is 5.78. The molecule has 100 valence electrons. The molecule has 1 aliphatic heterocycles. The van der Waals surface area contributed by atoms with Gasteiger partial charge in [0.1, 0.15) is 0 Å². The lowest BCUT2D eigenvalue weighted by Crippen LogP contribution is -2.49. The Morgan fingerprint density at radius 2 is 2.12 bits per heavy atom. The molecule has 0 bridgehead atoms. The lowest BCUT2D eigenvalue weighted by atomic mass is 9.85. The molecule has 1 atom stereocenters. The number of nitrogens with zero attached hydrogens (tertiary/aromatic N) is 1. The Morgan fingerprint density at radius 1 is 1.35 bits per heavy atom. The van der Waals surface area contributed by atoms with Crippen molar-refractivity contribution in [2.75, 3.05) is 37.7 Å². The van der Waals surface area contributed by atoms with Crippen LogP contribution in [0.5, 0.6) is 0 Å². The Balaban J connectivity index is 1.91. The van der Waals surface area contributed by atoms with E-state index in [0.717, 1.165) is 12.6 Å². The fourth-order valence-corrected chi connectivity index (χ4v) is 4.42. The first-order chi connectivity index (χ1) is 8.26. The lowest BCUT2D eigenvalue weighted by Gasteiger charge is -2.40. The van der Waals surface area contributed by atoms with Gasteiger partial charge >= 0.3 is 0 Å². The highest BCUT2D eigenvalue weighted by atomic mass is 32.2. The average molecular weight is 256 g/mol. The maximum atomic E-state index is 3.60. The van der Waals surface area contributed by atoms with Crippen LogP contribution in [0.4, 0.5) is 0 Å². The molecule has 2 fully saturated rings. The molecule has 3 heteroatoms. The molecule has 1 heterocycles. The molecule has 1 saturated carbocycles. The minimum atomic E-state index is 0.590. The summed E-state index contributed by atoms with van der Waals surface area (Å²) in [5.74, 6) is 2.67. The first-order valence-corrected chi connectivity index (χ1v) is 8.44. The van der Waals surface area contributed by atoms with Crippen LogP contribution >= 0.6 is 11.8 Å². The second kappa shape index (κ2) is 6.44. The minimum Gasteiger partial charge on any atom is -0.316 e. The van der Waals surface area contributed by atoms with Crippen molar-refractivity contribution in [3.8, 4) is 0 Å². The Morgan fingerprint density at radius 3 is 2.76 bits per heavy atom. The third-order valence-corrected chi connectivity index (χ3v) is 5.65. The Hall–Kier alpha value is 0.270. The molecule has 2 rings (SSSR count). The molecule has 1 aliphatic carbocycles. The summed E-state index contributed by atoms with van der Waals surface area (Å²) in [6, 6.07) is 0.785. The topological polar surface area (TPSA) is 15.3 Å². The fourth-order valence-electron chi connectivity index (χ4n) is 3.33. The molecule has 2 nitrogen and oxygen atoms in total. The van der Waals surface area contributed by atoms with Crippen LogP contribution in [-0.2, 0) is 0 Å². The monoisotopic (exact) mass is 256 g/mol. The molecule has 0 aromatic heterocycles. The molecular formula is C14H28N2S. The van der Waals surface area contributed by atoms with Crippen LogP contribution in [-0.4, -0.2) is 48.6 Å². The predicted molar refractivity (Wildman–Crippen MR) is 77.8 cm³/mol. The summed E-state index contributed by atoms with van der Waals surface area (Å²) in [6.45, 7) is 9.62. The molecule has 1 unspecified atom stereocenters. The van der Waals surface area contributed by atoms with Gasteiger partial charge in [0.05, 0.1) is 0 Å². The molecule has 1 N–H and O–H groups in total. The van der Waals surface area contributed by atoms with E-state index in [1.54, 1.807) is 0 Å². The van der Waals surface area contributed by atoms with E-state index in [1.807, 2.05) is 0 Å². The van der Waals surface area contributed by atoms with Gasteiger partial charge in [-0.1, -0.05) is 19.8 Å². The van der Waals surface area contributed by atoms with Crippen LogP contribution in [0, 0.1) is 5.41 Å². The van der Waals surface area contributed by atoms with E-state index in [1.165, 1.54) is 56.8 Å². The van der Waals surface area contributed by atoms with E-state index in [-0.39, 0.29) is 0 Å². The summed E-state index contributed by atoms with van der Waals surface area (Å²) in [5, 5.41) is 3.60. The maximum absolute atomic E-state index is 3.60. The van der Waals surface area contributed by atoms with E-state index < -0.39 is 0 Å². The number of thioether (sulfide) groups is 1. The molecule has 0 aromatic rings. The highest BCUT2D eigenvalue weighted by Crippen LogP contribution is 2.39. The van der Waals surface area contributed by atoms with Gasteiger partial charge in [0, 0.05) is 37.2 Å². The largest absolute Gasteiger partial charge is 0.316 e. The maximum Gasteiger partial charge on any atom is 0.0158 e. The highest BCUT2D eigenvalue weighted by Gasteiger charge is 2.36.